The van der Waals surface area contributed by atoms with Crippen LogP contribution in [0.5, 0.6) is 0 Å². The van der Waals surface area contributed by atoms with Gasteiger partial charge in [-0.1, -0.05) is 38.0 Å². The number of carboxylic acid groups (broad SMARTS) is 1. The molecule has 1 atom stereocenters. The number of thioether (sulfide) groups is 1. The predicted molar refractivity (Wildman–Crippen MR) is 135 cm³/mol. The number of para-hydroxylation sites is 1. The van der Waals surface area contributed by atoms with E-state index in [1.807, 2.05) is 48.7 Å². The SMILES string of the molecule is CCCCC1CN(c2ccccc2)c2cc(SC)c(CCCCC(=O)O)cc2S(=O)(=O)N1C. The highest BCUT2D eigenvalue weighted by Gasteiger charge is 2.37. The van der Waals surface area contributed by atoms with Gasteiger partial charge in [0.15, 0.2) is 0 Å². The summed E-state index contributed by atoms with van der Waals surface area (Å²) in [7, 11) is -1.98. The molecule has 0 amide bonds. The number of fused-ring (bicyclic) bond motifs is 1. The first-order valence-corrected chi connectivity index (χ1v) is 14.2. The lowest BCUT2D eigenvalue weighted by molar-refractivity contribution is -0.137. The second kappa shape index (κ2) is 11.4. The van der Waals surface area contributed by atoms with E-state index in [1.165, 1.54) is 0 Å². The molecule has 8 heteroatoms. The Hall–Kier alpha value is -2.03. The number of carboxylic acids is 1. The van der Waals surface area contributed by atoms with Gasteiger partial charge in [0.25, 0.3) is 0 Å². The van der Waals surface area contributed by atoms with Crippen LogP contribution in [0.2, 0.25) is 0 Å². The normalized spacial score (nSPS) is 18.0. The van der Waals surface area contributed by atoms with Gasteiger partial charge in [-0.05, 0) is 61.8 Å². The molecule has 6 nitrogen and oxygen atoms in total. The molecule has 1 N–H and O–H groups in total. The van der Waals surface area contributed by atoms with Gasteiger partial charge in [-0.15, -0.1) is 11.8 Å². The quantitative estimate of drug-likeness (QED) is 0.348. The van der Waals surface area contributed by atoms with Gasteiger partial charge in [-0.25, -0.2) is 8.42 Å². The number of aryl methyl sites for hydroxylation is 1. The number of aliphatic carboxylic acids is 1. The maximum Gasteiger partial charge on any atom is 0.303 e. The Balaban J connectivity index is 2.10. The zero-order valence-electron chi connectivity index (χ0n) is 19.7. The largest absolute Gasteiger partial charge is 0.481 e. The van der Waals surface area contributed by atoms with Crippen molar-refractivity contribution in [1.29, 1.82) is 0 Å². The highest BCUT2D eigenvalue weighted by molar-refractivity contribution is 7.98. The van der Waals surface area contributed by atoms with Crippen molar-refractivity contribution in [3.8, 4) is 0 Å². The molecule has 0 aromatic heterocycles. The van der Waals surface area contributed by atoms with Gasteiger partial charge >= 0.3 is 5.97 Å². The molecular weight excluding hydrogens is 456 g/mol. The van der Waals surface area contributed by atoms with Crippen LogP contribution in [0.4, 0.5) is 11.4 Å². The van der Waals surface area contributed by atoms with E-state index >= 15 is 0 Å². The summed E-state index contributed by atoms with van der Waals surface area (Å²) < 4.78 is 29.1. The van der Waals surface area contributed by atoms with Gasteiger partial charge in [0, 0.05) is 36.6 Å². The topological polar surface area (TPSA) is 77.9 Å². The molecule has 2 aromatic rings. The fourth-order valence-electron chi connectivity index (χ4n) is 4.33. The Bertz CT molecular complexity index is 1060. The van der Waals surface area contributed by atoms with Gasteiger partial charge in [0.1, 0.15) is 4.90 Å². The molecule has 0 aliphatic carbocycles. The lowest BCUT2D eigenvalue weighted by Crippen LogP contribution is -2.40. The van der Waals surface area contributed by atoms with E-state index in [9.17, 15) is 13.2 Å². The summed E-state index contributed by atoms with van der Waals surface area (Å²) in [5, 5.41) is 8.93. The second-order valence-electron chi connectivity index (χ2n) is 8.50. The van der Waals surface area contributed by atoms with Crippen molar-refractivity contribution in [3.63, 3.8) is 0 Å². The summed E-state index contributed by atoms with van der Waals surface area (Å²) >= 11 is 1.60. The van der Waals surface area contributed by atoms with Crippen molar-refractivity contribution in [3.05, 3.63) is 48.0 Å². The Labute approximate surface area is 202 Å². The molecule has 0 spiro atoms. The van der Waals surface area contributed by atoms with E-state index in [2.05, 4.69) is 11.8 Å². The number of benzene rings is 2. The van der Waals surface area contributed by atoms with Crippen molar-refractivity contribution in [2.75, 3.05) is 24.7 Å². The molecule has 2 aromatic carbocycles. The van der Waals surface area contributed by atoms with Crippen LogP contribution in [-0.2, 0) is 21.2 Å². The van der Waals surface area contributed by atoms with Crippen LogP contribution in [0.3, 0.4) is 0 Å². The monoisotopic (exact) mass is 490 g/mol. The van der Waals surface area contributed by atoms with Crippen LogP contribution in [0.25, 0.3) is 0 Å². The lowest BCUT2D eigenvalue weighted by atomic mass is 10.0. The maximum absolute atomic E-state index is 13.8. The standard InChI is InChI=1S/C25H34N2O4S2/c1-4-5-12-21-18-27(20-13-7-6-8-14-20)22-17-23(32-3)19(11-9-10-15-25(28)29)16-24(22)33(30,31)26(21)2/h6-8,13-14,16-17,21H,4-5,9-12,15,18H2,1-3H3,(H,28,29). The fraction of sp³-hybridized carbons (Fsp3) is 0.480. The van der Waals surface area contributed by atoms with Crippen molar-refractivity contribution in [1.82, 2.24) is 4.31 Å². The number of anilines is 2. The van der Waals surface area contributed by atoms with Crippen molar-refractivity contribution in [2.24, 2.45) is 0 Å². The third-order valence-corrected chi connectivity index (χ3v) is 9.02. The summed E-state index contributed by atoms with van der Waals surface area (Å²) in [6.45, 7) is 2.72. The van der Waals surface area contributed by atoms with E-state index in [0.717, 1.165) is 35.4 Å². The van der Waals surface area contributed by atoms with E-state index in [1.54, 1.807) is 23.1 Å². The van der Waals surface area contributed by atoms with Crippen LogP contribution in [0, 0.1) is 0 Å². The third kappa shape index (κ3) is 5.91. The van der Waals surface area contributed by atoms with Gasteiger partial charge < -0.3 is 10.0 Å². The van der Waals surface area contributed by atoms with Gasteiger partial charge in [0.05, 0.1) is 5.69 Å². The molecular formula is C25H34N2O4S2. The summed E-state index contributed by atoms with van der Waals surface area (Å²) in [5.74, 6) is -0.803. The molecule has 3 rings (SSSR count). The molecule has 180 valence electrons. The van der Waals surface area contributed by atoms with Crippen molar-refractivity contribution < 1.29 is 18.3 Å². The van der Waals surface area contributed by atoms with Gasteiger partial charge in [-0.3, -0.25) is 4.79 Å². The van der Waals surface area contributed by atoms with Crippen LogP contribution in [0.1, 0.15) is 51.0 Å². The van der Waals surface area contributed by atoms with E-state index < -0.39 is 16.0 Å². The zero-order chi connectivity index (χ0) is 24.0. The van der Waals surface area contributed by atoms with Crippen LogP contribution >= 0.6 is 11.8 Å². The number of rotatable bonds is 10. The average Bonchev–Trinajstić information content (AvgIpc) is 2.88. The average molecular weight is 491 g/mol. The summed E-state index contributed by atoms with van der Waals surface area (Å²) in [4.78, 5) is 14.4. The molecule has 0 saturated carbocycles. The molecule has 0 saturated heterocycles. The predicted octanol–water partition coefficient (Wildman–Crippen LogP) is 5.54. The lowest BCUT2D eigenvalue weighted by Gasteiger charge is -2.29. The molecule has 0 fully saturated rings. The van der Waals surface area contributed by atoms with E-state index in [-0.39, 0.29) is 12.5 Å². The number of unbranched alkanes of at least 4 members (excludes halogenated alkanes) is 2. The smallest absolute Gasteiger partial charge is 0.303 e. The molecule has 0 radical (unpaired) electrons. The van der Waals surface area contributed by atoms with Crippen molar-refractivity contribution >= 4 is 39.1 Å². The molecule has 1 heterocycles. The number of hydrogen-bond donors (Lipinski definition) is 1. The minimum Gasteiger partial charge on any atom is -0.481 e. The molecule has 1 aliphatic heterocycles. The highest BCUT2D eigenvalue weighted by Crippen LogP contribution is 2.41. The Morgan fingerprint density at radius 3 is 2.52 bits per heavy atom. The minimum atomic E-state index is -3.68. The van der Waals surface area contributed by atoms with E-state index in [4.69, 9.17) is 5.11 Å². The van der Waals surface area contributed by atoms with Crippen LogP contribution < -0.4 is 4.90 Å². The van der Waals surface area contributed by atoms with Crippen LogP contribution in [-0.4, -0.2) is 49.7 Å². The summed E-state index contributed by atoms with van der Waals surface area (Å²) in [6.07, 6.45) is 6.84. The minimum absolute atomic E-state index is 0.126. The number of carbonyl (C=O) groups is 1. The number of hydrogen-bond acceptors (Lipinski definition) is 5. The Kier molecular flexibility index (Phi) is 8.84. The molecule has 1 unspecified atom stereocenters. The first-order chi connectivity index (χ1) is 15.8. The van der Waals surface area contributed by atoms with Gasteiger partial charge in [0.2, 0.25) is 10.0 Å². The zero-order valence-corrected chi connectivity index (χ0v) is 21.3. The van der Waals surface area contributed by atoms with Crippen LogP contribution in [0.15, 0.2) is 52.3 Å². The molecule has 0 bridgehead atoms. The van der Waals surface area contributed by atoms with Gasteiger partial charge in [-0.2, -0.15) is 4.31 Å². The molecule has 1 aliphatic rings. The second-order valence-corrected chi connectivity index (χ2v) is 11.3. The number of likely N-dealkylation sites (N-methyl/N-ethyl adjacent to an activating group) is 1. The summed E-state index contributed by atoms with van der Waals surface area (Å²) in [6, 6.07) is 13.7. The van der Waals surface area contributed by atoms with Crippen molar-refractivity contribution in [2.45, 2.75) is 67.7 Å². The summed E-state index contributed by atoms with van der Waals surface area (Å²) in [5.41, 5.74) is 2.65. The Morgan fingerprint density at radius 1 is 1.15 bits per heavy atom. The Morgan fingerprint density at radius 2 is 1.88 bits per heavy atom. The third-order valence-electron chi connectivity index (χ3n) is 6.26. The number of sulfonamides is 1. The molecule has 33 heavy (non-hydrogen) atoms. The first kappa shape index (κ1) is 25.6. The first-order valence-electron chi connectivity index (χ1n) is 11.5. The fourth-order valence-corrected chi connectivity index (χ4v) is 6.58. The number of nitrogens with zero attached hydrogens (tertiary/aromatic N) is 2. The highest BCUT2D eigenvalue weighted by atomic mass is 32.2. The maximum atomic E-state index is 13.8. The van der Waals surface area contributed by atoms with E-state index in [0.29, 0.717) is 36.4 Å².